The average molecular weight is 539 g/mol. The van der Waals surface area contributed by atoms with Crippen molar-refractivity contribution in [2.24, 2.45) is 11.8 Å². The highest BCUT2D eigenvalue weighted by Gasteiger charge is 2.73. The molecule has 4 heterocycles. The highest BCUT2D eigenvalue weighted by molar-refractivity contribution is 8.02. The number of allylic oxidation sites excluding steroid dienone is 1. The fraction of sp³-hybridized carbons (Fsp3) is 0.567. The van der Waals surface area contributed by atoms with Crippen LogP contribution in [0.2, 0.25) is 0 Å². The van der Waals surface area contributed by atoms with Crippen LogP contribution in [0.15, 0.2) is 42.5 Å². The molecule has 1 spiro atoms. The lowest BCUT2D eigenvalue weighted by atomic mass is 9.74. The predicted molar refractivity (Wildman–Crippen MR) is 149 cm³/mol. The maximum atomic E-state index is 14.6. The smallest absolute Gasteiger partial charge is 0.311 e. The van der Waals surface area contributed by atoms with Gasteiger partial charge in [0.15, 0.2) is 0 Å². The topological polar surface area (TPSA) is 87.2 Å². The van der Waals surface area contributed by atoms with Gasteiger partial charge in [0.25, 0.3) is 5.91 Å². The third-order valence-electron chi connectivity index (χ3n) is 8.46. The van der Waals surface area contributed by atoms with Gasteiger partial charge in [0.05, 0.1) is 23.2 Å². The van der Waals surface area contributed by atoms with Gasteiger partial charge in [-0.1, -0.05) is 36.4 Å². The molecular formula is C30H38N2O5S. The summed E-state index contributed by atoms with van der Waals surface area (Å²) >= 11 is 1.58. The number of thioether (sulfide) groups is 1. The van der Waals surface area contributed by atoms with Crippen LogP contribution in [0.4, 0.5) is 5.69 Å². The van der Waals surface area contributed by atoms with Gasteiger partial charge in [0.1, 0.15) is 6.04 Å². The number of likely N-dealkylation sites (tertiary alicyclic amines) is 1. The Balaban J connectivity index is 1.61. The van der Waals surface area contributed by atoms with Crippen molar-refractivity contribution in [3.05, 3.63) is 53.6 Å². The summed E-state index contributed by atoms with van der Waals surface area (Å²) in [6, 6.07) is 5.35. The highest BCUT2D eigenvalue weighted by atomic mass is 32.2. The van der Waals surface area contributed by atoms with Gasteiger partial charge in [0.2, 0.25) is 5.91 Å². The standard InChI is InChI=1S/C30H38N2O5S/c1-20-11-12-21(2)22(19-20)31-16-10-14-30-23(24-28(36)37-18-9-4-6-13-29(24,3)38-30)26(34)32(25(30)27(31)35)15-7-5-8-17-33/h6,10-14,19,23-25,33H,4-5,7-9,15-18H2,1-3H3/b13-6-/t23-,24-,25?,29+,30-/m0/s1. The molecular weight excluding hydrogens is 500 g/mol. The van der Waals surface area contributed by atoms with Crippen LogP contribution in [-0.2, 0) is 19.1 Å². The summed E-state index contributed by atoms with van der Waals surface area (Å²) in [6.07, 6.45) is 11.9. The number of carbonyl (C=O) groups is 3. The molecule has 1 N–H and O–H groups in total. The van der Waals surface area contributed by atoms with Gasteiger partial charge in [-0.25, -0.2) is 0 Å². The van der Waals surface area contributed by atoms with Crippen molar-refractivity contribution >= 4 is 35.2 Å². The van der Waals surface area contributed by atoms with Gasteiger partial charge in [-0.2, -0.15) is 0 Å². The minimum Gasteiger partial charge on any atom is -0.465 e. The van der Waals surface area contributed by atoms with Gasteiger partial charge in [-0.15, -0.1) is 11.8 Å². The van der Waals surface area contributed by atoms with Crippen LogP contribution in [0.1, 0.15) is 50.2 Å². The Morgan fingerprint density at radius 3 is 2.66 bits per heavy atom. The predicted octanol–water partition coefficient (Wildman–Crippen LogP) is 3.95. The molecule has 0 saturated carbocycles. The lowest BCUT2D eigenvalue weighted by Crippen LogP contribution is -2.53. The second-order valence-corrected chi connectivity index (χ2v) is 13.0. The lowest BCUT2D eigenvalue weighted by molar-refractivity contribution is -0.154. The van der Waals surface area contributed by atoms with Crippen molar-refractivity contribution < 1.29 is 24.2 Å². The Labute approximate surface area is 229 Å². The molecule has 0 radical (unpaired) electrons. The third kappa shape index (κ3) is 4.39. The number of amides is 2. The van der Waals surface area contributed by atoms with Gasteiger partial charge in [-0.05, 0) is 70.1 Å². The first-order valence-corrected chi connectivity index (χ1v) is 14.6. The number of rotatable bonds is 6. The number of hydrogen-bond donors (Lipinski definition) is 1. The Hall–Kier alpha value is -2.58. The lowest BCUT2D eigenvalue weighted by Gasteiger charge is -2.37. The Bertz CT molecular complexity index is 1180. The maximum Gasteiger partial charge on any atom is 0.311 e. The van der Waals surface area contributed by atoms with Gasteiger partial charge < -0.3 is 19.6 Å². The van der Waals surface area contributed by atoms with Crippen LogP contribution in [0.25, 0.3) is 0 Å². The van der Waals surface area contributed by atoms with E-state index in [-0.39, 0.29) is 24.4 Å². The molecule has 38 heavy (non-hydrogen) atoms. The van der Waals surface area contributed by atoms with Gasteiger partial charge >= 0.3 is 5.97 Å². The fourth-order valence-electron chi connectivity index (χ4n) is 6.67. The average Bonchev–Trinajstić information content (AvgIpc) is 3.23. The van der Waals surface area contributed by atoms with Gasteiger partial charge in [0, 0.05) is 30.1 Å². The molecule has 0 bridgehead atoms. The minimum atomic E-state index is -0.875. The summed E-state index contributed by atoms with van der Waals surface area (Å²) in [4.78, 5) is 45.9. The molecule has 5 rings (SSSR count). The van der Waals surface area contributed by atoms with E-state index in [0.29, 0.717) is 32.5 Å². The molecule has 5 atom stereocenters. The summed E-state index contributed by atoms with van der Waals surface area (Å²) in [7, 11) is 0. The minimum absolute atomic E-state index is 0.0977. The van der Waals surface area contributed by atoms with Crippen molar-refractivity contribution in [1.29, 1.82) is 0 Å². The molecule has 1 aromatic carbocycles. The van der Waals surface area contributed by atoms with Crippen LogP contribution >= 0.6 is 11.8 Å². The molecule has 4 aliphatic rings. The van der Waals surface area contributed by atoms with E-state index >= 15 is 0 Å². The van der Waals surface area contributed by atoms with E-state index in [1.165, 1.54) is 0 Å². The largest absolute Gasteiger partial charge is 0.465 e. The van der Waals surface area contributed by atoms with Crippen LogP contribution in [0.5, 0.6) is 0 Å². The van der Waals surface area contributed by atoms with Crippen molar-refractivity contribution in [1.82, 2.24) is 4.90 Å². The van der Waals surface area contributed by atoms with Crippen LogP contribution in [-0.4, -0.2) is 69.6 Å². The molecule has 1 aromatic rings. The molecule has 1 unspecified atom stereocenters. The monoisotopic (exact) mass is 538 g/mol. The zero-order chi connectivity index (χ0) is 27.1. The van der Waals surface area contributed by atoms with Gasteiger partial charge in [-0.3, -0.25) is 14.4 Å². The molecule has 7 nitrogen and oxygen atoms in total. The molecule has 2 saturated heterocycles. The number of aliphatic hydroxyl groups excluding tert-OH is 1. The SMILES string of the molecule is Cc1ccc(C)c(N2CC=C[C@]34S[C@]5(C)/C=C\CCCOC(=O)[C@@H]5[C@H]3C(=O)N(CCCCCO)C4C2=O)c1. The van der Waals surface area contributed by atoms with Crippen molar-refractivity contribution in [2.75, 3.05) is 31.2 Å². The first-order valence-electron chi connectivity index (χ1n) is 13.8. The third-order valence-corrected chi connectivity index (χ3v) is 10.3. The summed E-state index contributed by atoms with van der Waals surface area (Å²) in [5.74, 6) is -1.97. The van der Waals surface area contributed by atoms with Crippen molar-refractivity contribution in [3.8, 4) is 0 Å². The summed E-state index contributed by atoms with van der Waals surface area (Å²) in [5.41, 5.74) is 2.91. The molecule has 0 aromatic heterocycles. The summed E-state index contributed by atoms with van der Waals surface area (Å²) in [5, 5.41) is 9.26. The van der Waals surface area contributed by atoms with E-state index in [1.807, 2.05) is 51.1 Å². The first-order chi connectivity index (χ1) is 18.2. The number of carbonyl (C=O) groups excluding carboxylic acids is 3. The maximum absolute atomic E-state index is 14.6. The normalized spacial score (nSPS) is 33.6. The Morgan fingerprint density at radius 1 is 1.05 bits per heavy atom. The number of benzene rings is 1. The number of ether oxygens (including phenoxy) is 1. The van der Waals surface area contributed by atoms with E-state index in [2.05, 4.69) is 12.2 Å². The highest BCUT2D eigenvalue weighted by Crippen LogP contribution is 2.65. The molecule has 2 amide bonds. The Morgan fingerprint density at radius 2 is 1.87 bits per heavy atom. The molecule has 0 aliphatic carbocycles. The fourth-order valence-corrected chi connectivity index (χ4v) is 8.82. The number of esters is 1. The van der Waals surface area contributed by atoms with Crippen LogP contribution in [0, 0.1) is 25.7 Å². The van der Waals surface area contributed by atoms with E-state index in [9.17, 15) is 19.5 Å². The summed E-state index contributed by atoms with van der Waals surface area (Å²) in [6.45, 7) is 7.27. The molecule has 4 aliphatic heterocycles. The zero-order valence-corrected chi connectivity index (χ0v) is 23.3. The van der Waals surface area contributed by atoms with Crippen molar-refractivity contribution in [3.63, 3.8) is 0 Å². The molecule has 2 fully saturated rings. The first kappa shape index (κ1) is 27.0. The molecule has 8 heteroatoms. The van der Waals surface area contributed by atoms with Crippen LogP contribution in [0.3, 0.4) is 0 Å². The Kier molecular flexibility index (Phi) is 7.48. The van der Waals surface area contributed by atoms with E-state index in [4.69, 9.17) is 4.74 Å². The number of nitrogens with zero attached hydrogens (tertiary/aromatic N) is 2. The number of hydrogen-bond acceptors (Lipinski definition) is 6. The number of fused-ring (bicyclic) bond motifs is 2. The summed E-state index contributed by atoms with van der Waals surface area (Å²) < 4.78 is 4.15. The number of cyclic esters (lactones) is 1. The number of aliphatic hydroxyl groups is 1. The van der Waals surface area contributed by atoms with E-state index in [1.54, 1.807) is 21.6 Å². The second-order valence-electron chi connectivity index (χ2n) is 11.2. The quantitative estimate of drug-likeness (QED) is 0.335. The van der Waals surface area contributed by atoms with E-state index < -0.39 is 27.4 Å². The number of aryl methyl sites for hydroxylation is 2. The zero-order valence-electron chi connectivity index (χ0n) is 22.5. The van der Waals surface area contributed by atoms with E-state index in [0.717, 1.165) is 36.1 Å². The second kappa shape index (κ2) is 10.5. The number of unbranched alkanes of at least 4 members (excludes halogenated alkanes) is 2. The number of anilines is 1. The molecule has 204 valence electrons. The van der Waals surface area contributed by atoms with Crippen molar-refractivity contribution in [2.45, 2.75) is 68.4 Å². The van der Waals surface area contributed by atoms with Crippen LogP contribution < -0.4 is 4.90 Å².